The Balaban J connectivity index is 1.76. The van der Waals surface area contributed by atoms with Crippen molar-refractivity contribution in [3.8, 4) is 0 Å². The van der Waals surface area contributed by atoms with Gasteiger partial charge in [-0.15, -0.1) is 0 Å². The number of fused-ring (bicyclic) bond motifs is 1. The Kier molecular flexibility index (Phi) is 3.78. The molecule has 1 heterocycles. The maximum absolute atomic E-state index is 12.5. The molecule has 0 saturated carbocycles. The molecule has 0 unspecified atom stereocenters. The summed E-state index contributed by atoms with van der Waals surface area (Å²) < 4.78 is 0. The van der Waals surface area contributed by atoms with Crippen LogP contribution in [0.4, 0.5) is 0 Å². The van der Waals surface area contributed by atoms with Crippen LogP contribution in [0.2, 0.25) is 0 Å². The second kappa shape index (κ2) is 5.72. The molecule has 0 radical (unpaired) electrons. The van der Waals surface area contributed by atoms with E-state index in [9.17, 15) is 4.79 Å². The number of hydrogen-bond donors (Lipinski definition) is 2. The highest BCUT2D eigenvalue weighted by Gasteiger charge is 2.25. The number of H-pyrrole nitrogens is 1. The number of rotatable bonds is 3. The zero-order valence-electron chi connectivity index (χ0n) is 12.5. The number of hydrogen-bond acceptors (Lipinski definition) is 2. The van der Waals surface area contributed by atoms with E-state index < -0.39 is 0 Å². The zero-order chi connectivity index (χ0) is 14.8. The van der Waals surface area contributed by atoms with Gasteiger partial charge in [0.05, 0.1) is 6.04 Å². The molecular formula is C17H21N3O. The summed E-state index contributed by atoms with van der Waals surface area (Å²) in [6.45, 7) is 4.22. The second-order valence-electron chi connectivity index (χ2n) is 5.98. The number of aryl methyl sites for hydroxylation is 1. The maximum Gasteiger partial charge on any atom is 0.272 e. The third-order valence-corrected chi connectivity index (χ3v) is 4.25. The third kappa shape index (κ3) is 2.84. The highest BCUT2D eigenvalue weighted by atomic mass is 16.2. The number of aromatic amines is 1. The topological polar surface area (TPSA) is 57.8 Å². The number of amides is 1. The molecular weight excluding hydrogens is 262 g/mol. The fraction of sp³-hybridized carbons (Fsp3) is 0.412. The van der Waals surface area contributed by atoms with Gasteiger partial charge in [0.15, 0.2) is 5.69 Å². The average Bonchev–Trinajstić information content (AvgIpc) is 2.91. The molecule has 1 aromatic carbocycles. The molecule has 0 fully saturated rings. The standard InChI is InChI=1S/C17H21N3O/c1-11-8-9-15-14(10-11)16(20-19-15)17(21)18-12(2)13-6-4-3-5-7-13/h3-7,11-12H,8-10H2,1-2H3,(H,18,21)(H,19,20)/t11-,12+/m0/s1. The summed E-state index contributed by atoms with van der Waals surface area (Å²) in [5.74, 6) is 0.533. The first-order chi connectivity index (χ1) is 10.1. The average molecular weight is 283 g/mol. The van der Waals surface area contributed by atoms with Crippen LogP contribution in [0.25, 0.3) is 0 Å². The molecule has 1 aliphatic rings. The van der Waals surface area contributed by atoms with Gasteiger partial charge in [0.1, 0.15) is 0 Å². The van der Waals surface area contributed by atoms with Crippen molar-refractivity contribution in [2.24, 2.45) is 5.92 Å². The maximum atomic E-state index is 12.5. The van der Waals surface area contributed by atoms with E-state index in [1.807, 2.05) is 37.3 Å². The van der Waals surface area contributed by atoms with Gasteiger partial charge in [-0.2, -0.15) is 5.10 Å². The molecule has 2 atom stereocenters. The van der Waals surface area contributed by atoms with Gasteiger partial charge in [0.25, 0.3) is 5.91 Å². The van der Waals surface area contributed by atoms with Gasteiger partial charge >= 0.3 is 0 Å². The highest BCUT2D eigenvalue weighted by Crippen LogP contribution is 2.26. The lowest BCUT2D eigenvalue weighted by Crippen LogP contribution is -2.28. The highest BCUT2D eigenvalue weighted by molar-refractivity contribution is 5.94. The van der Waals surface area contributed by atoms with Gasteiger partial charge in [-0.3, -0.25) is 9.89 Å². The summed E-state index contributed by atoms with van der Waals surface area (Å²) in [5.41, 5.74) is 3.90. The second-order valence-corrected chi connectivity index (χ2v) is 5.98. The van der Waals surface area contributed by atoms with Crippen LogP contribution in [0.5, 0.6) is 0 Å². The van der Waals surface area contributed by atoms with Crippen LogP contribution < -0.4 is 5.32 Å². The molecule has 110 valence electrons. The van der Waals surface area contributed by atoms with Crippen molar-refractivity contribution in [2.75, 3.05) is 0 Å². The minimum atomic E-state index is -0.0852. The number of nitrogens with one attached hydrogen (secondary N) is 2. The Bertz CT molecular complexity index is 633. The van der Waals surface area contributed by atoms with Crippen molar-refractivity contribution < 1.29 is 4.79 Å². The van der Waals surface area contributed by atoms with Gasteiger partial charge in [-0.05, 0) is 37.7 Å². The minimum Gasteiger partial charge on any atom is -0.344 e. The van der Waals surface area contributed by atoms with Crippen LogP contribution in [0.3, 0.4) is 0 Å². The fourth-order valence-corrected chi connectivity index (χ4v) is 2.95. The predicted molar refractivity (Wildman–Crippen MR) is 82.1 cm³/mol. The van der Waals surface area contributed by atoms with E-state index in [1.165, 1.54) is 0 Å². The van der Waals surface area contributed by atoms with Crippen molar-refractivity contribution in [1.82, 2.24) is 15.5 Å². The zero-order valence-corrected chi connectivity index (χ0v) is 12.5. The molecule has 0 bridgehead atoms. The van der Waals surface area contributed by atoms with E-state index in [1.54, 1.807) is 0 Å². The SMILES string of the molecule is C[C@H]1CCc2[nH]nc(C(=O)N[C@H](C)c3ccccc3)c2C1. The molecule has 3 rings (SSSR count). The Morgan fingerprint density at radius 1 is 1.38 bits per heavy atom. The van der Waals surface area contributed by atoms with E-state index in [0.29, 0.717) is 11.6 Å². The number of carbonyl (C=O) groups excluding carboxylic acids is 1. The molecule has 2 aromatic rings. The van der Waals surface area contributed by atoms with Gasteiger partial charge in [-0.25, -0.2) is 0 Å². The van der Waals surface area contributed by atoms with Crippen molar-refractivity contribution >= 4 is 5.91 Å². The van der Waals surface area contributed by atoms with E-state index >= 15 is 0 Å². The molecule has 21 heavy (non-hydrogen) atoms. The van der Waals surface area contributed by atoms with Crippen LogP contribution in [-0.4, -0.2) is 16.1 Å². The molecule has 1 aromatic heterocycles. The summed E-state index contributed by atoms with van der Waals surface area (Å²) in [6, 6.07) is 9.96. The van der Waals surface area contributed by atoms with Gasteiger partial charge < -0.3 is 5.32 Å². The monoisotopic (exact) mass is 283 g/mol. The number of aromatic nitrogens is 2. The molecule has 0 saturated heterocycles. The van der Waals surface area contributed by atoms with Crippen LogP contribution in [0.1, 0.15) is 53.6 Å². The Morgan fingerprint density at radius 3 is 2.90 bits per heavy atom. The molecule has 1 amide bonds. The summed E-state index contributed by atoms with van der Waals surface area (Å²) >= 11 is 0. The first-order valence-corrected chi connectivity index (χ1v) is 7.57. The first-order valence-electron chi connectivity index (χ1n) is 7.57. The van der Waals surface area contributed by atoms with Crippen molar-refractivity contribution in [3.05, 3.63) is 52.8 Å². The van der Waals surface area contributed by atoms with Crippen LogP contribution >= 0.6 is 0 Å². The number of benzene rings is 1. The number of nitrogens with zero attached hydrogens (tertiary/aromatic N) is 1. The van der Waals surface area contributed by atoms with Crippen molar-refractivity contribution in [2.45, 2.75) is 39.2 Å². The molecule has 1 aliphatic carbocycles. The summed E-state index contributed by atoms with van der Waals surface area (Å²) in [5, 5.41) is 10.3. The lowest BCUT2D eigenvalue weighted by atomic mass is 9.87. The largest absolute Gasteiger partial charge is 0.344 e. The normalized spacial score (nSPS) is 18.9. The van der Waals surface area contributed by atoms with Gasteiger partial charge in [-0.1, -0.05) is 37.3 Å². The lowest BCUT2D eigenvalue weighted by Gasteiger charge is -2.19. The minimum absolute atomic E-state index is 0.0212. The number of carbonyl (C=O) groups is 1. The molecule has 2 N–H and O–H groups in total. The van der Waals surface area contributed by atoms with E-state index in [0.717, 1.165) is 36.1 Å². The third-order valence-electron chi connectivity index (χ3n) is 4.25. The predicted octanol–water partition coefficient (Wildman–Crippen LogP) is 3.03. The van der Waals surface area contributed by atoms with Crippen LogP contribution in [-0.2, 0) is 12.8 Å². The van der Waals surface area contributed by atoms with E-state index in [-0.39, 0.29) is 11.9 Å². The summed E-state index contributed by atoms with van der Waals surface area (Å²) in [4.78, 5) is 12.5. The quantitative estimate of drug-likeness (QED) is 0.909. The lowest BCUT2D eigenvalue weighted by molar-refractivity contribution is 0.0933. The first kappa shape index (κ1) is 13.9. The Hall–Kier alpha value is -2.10. The fourth-order valence-electron chi connectivity index (χ4n) is 2.95. The van der Waals surface area contributed by atoms with Gasteiger partial charge in [0, 0.05) is 11.3 Å². The van der Waals surface area contributed by atoms with E-state index in [2.05, 4.69) is 22.4 Å². The van der Waals surface area contributed by atoms with E-state index in [4.69, 9.17) is 0 Å². The van der Waals surface area contributed by atoms with Gasteiger partial charge in [0.2, 0.25) is 0 Å². The smallest absolute Gasteiger partial charge is 0.272 e. The summed E-state index contributed by atoms with van der Waals surface area (Å²) in [6.07, 6.45) is 3.09. The van der Waals surface area contributed by atoms with Crippen molar-refractivity contribution in [3.63, 3.8) is 0 Å². The molecule has 0 aliphatic heterocycles. The molecule has 0 spiro atoms. The van der Waals surface area contributed by atoms with Crippen LogP contribution in [0, 0.1) is 5.92 Å². The van der Waals surface area contributed by atoms with Crippen LogP contribution in [0.15, 0.2) is 30.3 Å². The molecule has 4 nitrogen and oxygen atoms in total. The Morgan fingerprint density at radius 2 is 2.14 bits per heavy atom. The molecule has 4 heteroatoms. The van der Waals surface area contributed by atoms with Crippen molar-refractivity contribution in [1.29, 1.82) is 0 Å². The summed E-state index contributed by atoms with van der Waals surface area (Å²) in [7, 11) is 0. The Labute approximate surface area is 125 Å².